The molecule has 0 heterocycles. The van der Waals surface area contributed by atoms with Crippen LogP contribution in [0, 0.1) is 5.82 Å². The minimum Gasteiger partial charge on any atom is -0.494 e. The first-order valence-corrected chi connectivity index (χ1v) is 11.6. The van der Waals surface area contributed by atoms with Crippen molar-refractivity contribution in [2.24, 2.45) is 0 Å². The van der Waals surface area contributed by atoms with Crippen LogP contribution in [0.2, 0.25) is 0 Å². The van der Waals surface area contributed by atoms with Gasteiger partial charge in [0.2, 0.25) is 11.3 Å². The first-order chi connectivity index (χ1) is 14.5. The molecule has 7 heteroatoms. The van der Waals surface area contributed by atoms with E-state index in [9.17, 15) is 13.2 Å². The third-order valence-corrected chi connectivity index (χ3v) is 7.23. The smallest absolute Gasteiger partial charge is 0.232 e. The fourth-order valence-corrected chi connectivity index (χ4v) is 5.50. The number of hydrogen-bond acceptors (Lipinski definition) is 3. The van der Waals surface area contributed by atoms with Crippen molar-refractivity contribution in [3.63, 3.8) is 0 Å². The normalized spacial score (nSPS) is 22.9. The van der Waals surface area contributed by atoms with Crippen LogP contribution in [0.4, 0.5) is 4.39 Å². The lowest BCUT2D eigenvalue weighted by Gasteiger charge is -2.41. The van der Waals surface area contributed by atoms with Crippen molar-refractivity contribution in [2.45, 2.75) is 56.0 Å². The Bertz CT molecular complexity index is 919. The van der Waals surface area contributed by atoms with Crippen LogP contribution in [-0.4, -0.2) is 34.0 Å². The number of ether oxygens (including phenoxy) is 1. The molecule has 5 nitrogen and oxygen atoms in total. The summed E-state index contributed by atoms with van der Waals surface area (Å²) >= 11 is -2.00. The number of halogens is 1. The highest BCUT2D eigenvalue weighted by Gasteiger charge is 2.38. The van der Waals surface area contributed by atoms with E-state index in [1.807, 2.05) is 19.2 Å². The van der Waals surface area contributed by atoms with Crippen molar-refractivity contribution in [1.29, 1.82) is 0 Å². The molecular weight excluding hydrogens is 403 g/mol. The number of likely N-dealkylation sites (N-methyl/N-ethyl adjacent to an activating group) is 1. The van der Waals surface area contributed by atoms with Gasteiger partial charge >= 0.3 is 0 Å². The summed E-state index contributed by atoms with van der Waals surface area (Å²) in [4.78, 5) is 0. The molecule has 2 aliphatic carbocycles. The molecular formula is C23H29FN2O3S. The van der Waals surface area contributed by atoms with E-state index in [0.29, 0.717) is 19.1 Å². The second-order valence-electron chi connectivity index (χ2n) is 8.48. The van der Waals surface area contributed by atoms with Crippen molar-refractivity contribution < 1.29 is 17.9 Å². The van der Waals surface area contributed by atoms with Gasteiger partial charge in [0.05, 0.1) is 6.61 Å². The predicted molar refractivity (Wildman–Crippen MR) is 116 cm³/mol. The van der Waals surface area contributed by atoms with Gasteiger partial charge < -0.3 is 10.1 Å². The fraction of sp³-hybridized carbons (Fsp3) is 0.478. The van der Waals surface area contributed by atoms with Crippen LogP contribution in [-0.2, 0) is 24.1 Å². The number of hydrogen-bond donors (Lipinski definition) is 3. The van der Waals surface area contributed by atoms with Gasteiger partial charge in [-0.05, 0) is 80.1 Å². The minimum atomic E-state index is -2.00. The van der Waals surface area contributed by atoms with E-state index >= 15 is 0 Å². The van der Waals surface area contributed by atoms with Crippen molar-refractivity contribution in [3.8, 4) is 5.75 Å². The fourth-order valence-electron chi connectivity index (χ4n) is 4.82. The largest absolute Gasteiger partial charge is 0.494 e. The molecule has 4 rings (SSSR count). The minimum absolute atomic E-state index is 0.203. The number of rotatable bonds is 9. The molecule has 0 bridgehead atoms. The lowest BCUT2D eigenvalue weighted by atomic mass is 9.75. The van der Waals surface area contributed by atoms with Crippen molar-refractivity contribution in [1.82, 2.24) is 10.0 Å². The predicted octanol–water partition coefficient (Wildman–Crippen LogP) is 3.71. The summed E-state index contributed by atoms with van der Waals surface area (Å²) in [5, 5.41) is 3.42. The molecule has 3 atom stereocenters. The van der Waals surface area contributed by atoms with E-state index in [0.717, 1.165) is 43.4 Å². The van der Waals surface area contributed by atoms with Crippen LogP contribution in [0.1, 0.15) is 48.3 Å². The van der Waals surface area contributed by atoms with Crippen LogP contribution in [0.25, 0.3) is 0 Å². The molecule has 0 amide bonds. The van der Waals surface area contributed by atoms with Crippen molar-refractivity contribution >= 4 is 11.3 Å². The van der Waals surface area contributed by atoms with Gasteiger partial charge in [0.15, 0.2) is 0 Å². The zero-order valence-corrected chi connectivity index (χ0v) is 18.0. The molecule has 2 aromatic carbocycles. The Morgan fingerprint density at radius 2 is 2.10 bits per heavy atom. The summed E-state index contributed by atoms with van der Waals surface area (Å²) in [5.74, 6) is 0.868. The summed E-state index contributed by atoms with van der Waals surface area (Å²) in [7, 11) is 1.97. The average molecular weight is 433 g/mol. The van der Waals surface area contributed by atoms with E-state index in [2.05, 4.69) is 22.2 Å². The summed E-state index contributed by atoms with van der Waals surface area (Å²) in [6.45, 7) is 0.493. The molecule has 2 aromatic rings. The maximum absolute atomic E-state index is 13.7. The van der Waals surface area contributed by atoms with Gasteiger partial charge in [-0.3, -0.25) is 4.55 Å². The molecule has 0 aromatic heterocycles. The van der Waals surface area contributed by atoms with E-state index in [1.54, 1.807) is 12.1 Å². The molecule has 0 saturated heterocycles. The highest BCUT2D eigenvalue weighted by molar-refractivity contribution is 7.77. The van der Waals surface area contributed by atoms with Gasteiger partial charge in [0.1, 0.15) is 11.6 Å². The average Bonchev–Trinajstić information content (AvgIpc) is 3.03. The zero-order chi connectivity index (χ0) is 21.1. The molecule has 1 fully saturated rings. The molecule has 3 unspecified atom stereocenters. The van der Waals surface area contributed by atoms with Gasteiger partial charge in [-0.15, -0.1) is 0 Å². The van der Waals surface area contributed by atoms with Gasteiger partial charge in [0, 0.05) is 23.9 Å². The topological polar surface area (TPSA) is 70.6 Å². The van der Waals surface area contributed by atoms with Crippen molar-refractivity contribution in [3.05, 3.63) is 65.0 Å². The molecule has 0 spiro atoms. The number of fused-ring (bicyclic) bond motifs is 1. The SMILES string of the molecule is CNC1Cc2ccc(OCCC3(NS(=O)O)CCC3)cc2C1Cc1cccc(F)c1. The van der Waals surface area contributed by atoms with E-state index in [4.69, 9.17) is 4.74 Å². The zero-order valence-electron chi connectivity index (χ0n) is 17.2. The molecule has 162 valence electrons. The lowest BCUT2D eigenvalue weighted by Crippen LogP contribution is -2.52. The Kier molecular flexibility index (Phi) is 6.53. The molecule has 1 saturated carbocycles. The first kappa shape index (κ1) is 21.4. The summed E-state index contributed by atoms with van der Waals surface area (Å²) < 4.78 is 42.8. The van der Waals surface area contributed by atoms with Crippen LogP contribution in [0.5, 0.6) is 5.75 Å². The Labute approximate surface area is 179 Å². The lowest BCUT2D eigenvalue weighted by molar-refractivity contribution is 0.164. The van der Waals surface area contributed by atoms with E-state index < -0.39 is 11.3 Å². The molecule has 30 heavy (non-hydrogen) atoms. The van der Waals surface area contributed by atoms with Crippen molar-refractivity contribution in [2.75, 3.05) is 13.7 Å². The van der Waals surface area contributed by atoms with Crippen LogP contribution in [0.15, 0.2) is 42.5 Å². The highest BCUT2D eigenvalue weighted by Crippen LogP contribution is 2.39. The Morgan fingerprint density at radius 1 is 1.27 bits per heavy atom. The number of nitrogens with one attached hydrogen (secondary N) is 2. The molecule has 3 N–H and O–H groups in total. The van der Waals surface area contributed by atoms with Gasteiger partial charge in [-0.2, -0.15) is 0 Å². The molecule has 0 aliphatic heterocycles. The summed E-state index contributed by atoms with van der Waals surface area (Å²) in [6, 6.07) is 13.4. The van der Waals surface area contributed by atoms with Gasteiger partial charge in [-0.1, -0.05) is 18.2 Å². The maximum atomic E-state index is 13.7. The standard InChI is InChI=1S/C23H29FN2O3S/c1-25-22-14-17-6-7-19(29-11-10-23(8-3-9-23)26-30(27)28)15-20(17)21(22)13-16-4-2-5-18(24)12-16/h2,4-7,12,15,21-22,25-26H,3,8-11,13-14H2,1H3,(H,27,28). The first-order valence-electron chi connectivity index (χ1n) is 10.5. The second-order valence-corrected chi connectivity index (χ2v) is 9.19. The van der Waals surface area contributed by atoms with Crippen LogP contribution >= 0.6 is 0 Å². The second kappa shape index (κ2) is 9.14. The van der Waals surface area contributed by atoms with Gasteiger partial charge in [0.25, 0.3) is 0 Å². The summed E-state index contributed by atoms with van der Waals surface area (Å²) in [5.41, 5.74) is 3.27. The van der Waals surface area contributed by atoms with E-state index in [-0.39, 0.29) is 17.3 Å². The molecule has 2 aliphatic rings. The van der Waals surface area contributed by atoms with Crippen LogP contribution < -0.4 is 14.8 Å². The third kappa shape index (κ3) is 4.75. The monoisotopic (exact) mass is 432 g/mol. The quantitative estimate of drug-likeness (QED) is 0.529. The van der Waals surface area contributed by atoms with Crippen LogP contribution in [0.3, 0.4) is 0 Å². The highest BCUT2D eigenvalue weighted by atomic mass is 32.2. The molecule has 0 radical (unpaired) electrons. The van der Waals surface area contributed by atoms with Gasteiger partial charge in [-0.25, -0.2) is 13.3 Å². The number of benzene rings is 2. The Hall–Kier alpha value is -1.80. The van der Waals surface area contributed by atoms with E-state index in [1.165, 1.54) is 17.2 Å². The maximum Gasteiger partial charge on any atom is 0.232 e. The summed E-state index contributed by atoms with van der Waals surface area (Å²) in [6.07, 6.45) is 5.27. The third-order valence-electron chi connectivity index (χ3n) is 6.62. The Balaban J connectivity index is 1.45. The Morgan fingerprint density at radius 3 is 2.77 bits per heavy atom.